The van der Waals surface area contributed by atoms with Gasteiger partial charge in [-0.25, -0.2) is 0 Å². The number of carbonyl (C=O) groups is 1. The first-order valence-corrected chi connectivity index (χ1v) is 6.44. The van der Waals surface area contributed by atoms with Crippen LogP contribution in [0.25, 0.3) is 0 Å². The van der Waals surface area contributed by atoms with Gasteiger partial charge in [0.2, 0.25) is 0 Å². The Morgan fingerprint density at radius 3 is 2.79 bits per heavy atom. The molecule has 0 heterocycles. The number of nitriles is 1. The summed E-state index contributed by atoms with van der Waals surface area (Å²) in [4.78, 5) is 11.8. The van der Waals surface area contributed by atoms with Crippen molar-refractivity contribution < 1.29 is 4.79 Å². The lowest BCUT2D eigenvalue weighted by atomic mass is 10.2. The smallest absolute Gasteiger partial charge is 0.267 e. The summed E-state index contributed by atoms with van der Waals surface area (Å²) in [6, 6.07) is 6.53. The molecule has 0 fully saturated rings. The molecule has 0 saturated carbocycles. The Kier molecular flexibility index (Phi) is 6.20. The zero-order chi connectivity index (χ0) is 14.3. The van der Waals surface area contributed by atoms with Crippen LogP contribution in [0.1, 0.15) is 13.3 Å². The number of benzene rings is 1. The number of amides is 1. The number of rotatable bonds is 5. The molecule has 0 bridgehead atoms. The molecule has 4 nitrogen and oxygen atoms in total. The van der Waals surface area contributed by atoms with Crippen molar-refractivity contribution >= 4 is 34.8 Å². The highest BCUT2D eigenvalue weighted by Crippen LogP contribution is 2.25. The second-order valence-corrected chi connectivity index (χ2v) is 4.55. The maximum Gasteiger partial charge on any atom is 0.267 e. The summed E-state index contributed by atoms with van der Waals surface area (Å²) in [6.07, 6.45) is 2.29. The molecule has 1 rings (SSSR count). The van der Waals surface area contributed by atoms with E-state index < -0.39 is 5.91 Å². The molecule has 2 N–H and O–H groups in total. The Balaban J connectivity index is 2.77. The number of hydrogen-bond acceptors (Lipinski definition) is 3. The second kappa shape index (κ2) is 7.67. The fraction of sp³-hybridized carbons (Fsp3) is 0.231. The van der Waals surface area contributed by atoms with E-state index in [0.29, 0.717) is 22.3 Å². The van der Waals surface area contributed by atoms with Crippen molar-refractivity contribution in [3.63, 3.8) is 0 Å². The molecule has 0 aromatic heterocycles. The van der Waals surface area contributed by atoms with Crippen LogP contribution in [0.5, 0.6) is 0 Å². The van der Waals surface area contributed by atoms with Crippen molar-refractivity contribution in [2.45, 2.75) is 13.3 Å². The van der Waals surface area contributed by atoms with Crippen LogP contribution in [-0.4, -0.2) is 12.5 Å². The van der Waals surface area contributed by atoms with Crippen LogP contribution in [0.3, 0.4) is 0 Å². The summed E-state index contributed by atoms with van der Waals surface area (Å²) in [5.41, 5.74) is 0.396. The van der Waals surface area contributed by atoms with Gasteiger partial charge in [0, 0.05) is 17.8 Å². The average molecular weight is 298 g/mol. The van der Waals surface area contributed by atoms with E-state index in [1.165, 1.54) is 12.3 Å². The lowest BCUT2D eigenvalue weighted by Crippen LogP contribution is -2.17. The minimum absolute atomic E-state index is 0.0144. The van der Waals surface area contributed by atoms with Crippen LogP contribution in [-0.2, 0) is 4.79 Å². The zero-order valence-corrected chi connectivity index (χ0v) is 11.8. The van der Waals surface area contributed by atoms with Crippen LogP contribution in [0.4, 0.5) is 5.69 Å². The van der Waals surface area contributed by atoms with Gasteiger partial charge in [-0.3, -0.25) is 4.79 Å². The molecule has 1 aromatic rings. The van der Waals surface area contributed by atoms with Gasteiger partial charge < -0.3 is 10.6 Å². The molecule has 0 spiro atoms. The maximum absolute atomic E-state index is 11.8. The van der Waals surface area contributed by atoms with Gasteiger partial charge in [-0.15, -0.1) is 0 Å². The highest BCUT2D eigenvalue weighted by molar-refractivity contribution is 6.36. The standard InChI is InChI=1S/C13H13Cl2N3O/c1-2-5-17-8-9(7-16)13(19)18-12-4-3-10(14)6-11(12)15/h3-4,6,8,17H,2,5H2,1H3,(H,18,19)/b9-8-. The van der Waals surface area contributed by atoms with E-state index in [1.54, 1.807) is 12.1 Å². The fourth-order valence-electron chi connectivity index (χ4n) is 1.25. The molecule has 100 valence electrons. The molecule has 19 heavy (non-hydrogen) atoms. The Bertz CT molecular complexity index is 535. The van der Waals surface area contributed by atoms with E-state index in [9.17, 15) is 4.79 Å². The lowest BCUT2D eigenvalue weighted by molar-refractivity contribution is -0.112. The molecule has 6 heteroatoms. The molecule has 0 saturated heterocycles. The SMILES string of the molecule is CCCN/C=C(/C#N)C(=O)Nc1ccc(Cl)cc1Cl. The van der Waals surface area contributed by atoms with Gasteiger partial charge in [-0.05, 0) is 24.6 Å². The molecule has 0 aliphatic carbocycles. The third kappa shape index (κ3) is 4.82. The van der Waals surface area contributed by atoms with Gasteiger partial charge in [0.15, 0.2) is 0 Å². The number of nitrogens with zero attached hydrogens (tertiary/aromatic N) is 1. The number of anilines is 1. The highest BCUT2D eigenvalue weighted by Gasteiger charge is 2.11. The molecular weight excluding hydrogens is 285 g/mol. The summed E-state index contributed by atoms with van der Waals surface area (Å²) in [6.45, 7) is 2.68. The molecule has 0 radical (unpaired) electrons. The summed E-state index contributed by atoms with van der Waals surface area (Å²) >= 11 is 11.7. The van der Waals surface area contributed by atoms with E-state index in [4.69, 9.17) is 28.5 Å². The second-order valence-electron chi connectivity index (χ2n) is 3.70. The molecule has 0 unspecified atom stereocenters. The lowest BCUT2D eigenvalue weighted by Gasteiger charge is -2.07. The summed E-state index contributed by atoms with van der Waals surface area (Å²) in [5, 5.41) is 15.1. The number of nitrogens with one attached hydrogen (secondary N) is 2. The third-order valence-electron chi connectivity index (χ3n) is 2.19. The van der Waals surface area contributed by atoms with Crippen molar-refractivity contribution in [1.29, 1.82) is 5.26 Å². The van der Waals surface area contributed by atoms with Crippen LogP contribution in [0.15, 0.2) is 30.0 Å². The fourth-order valence-corrected chi connectivity index (χ4v) is 1.70. The Morgan fingerprint density at radius 1 is 1.47 bits per heavy atom. The minimum Gasteiger partial charge on any atom is -0.390 e. The van der Waals surface area contributed by atoms with E-state index >= 15 is 0 Å². The van der Waals surface area contributed by atoms with Crippen molar-refractivity contribution in [3.8, 4) is 6.07 Å². The number of halogens is 2. The van der Waals surface area contributed by atoms with Crippen molar-refractivity contribution in [1.82, 2.24) is 5.32 Å². The average Bonchev–Trinajstić information content (AvgIpc) is 2.38. The summed E-state index contributed by atoms with van der Waals surface area (Å²) < 4.78 is 0. The maximum atomic E-state index is 11.8. The van der Waals surface area contributed by atoms with Gasteiger partial charge >= 0.3 is 0 Å². The first kappa shape index (κ1) is 15.4. The van der Waals surface area contributed by atoms with E-state index in [2.05, 4.69) is 10.6 Å². The minimum atomic E-state index is -0.518. The van der Waals surface area contributed by atoms with Crippen LogP contribution in [0.2, 0.25) is 10.0 Å². The largest absolute Gasteiger partial charge is 0.390 e. The molecule has 0 atom stereocenters. The summed E-state index contributed by atoms with van der Waals surface area (Å²) in [5.74, 6) is -0.518. The molecule has 0 aliphatic rings. The quantitative estimate of drug-likeness (QED) is 0.498. The number of hydrogen-bond donors (Lipinski definition) is 2. The van der Waals surface area contributed by atoms with Crippen LogP contribution >= 0.6 is 23.2 Å². The monoisotopic (exact) mass is 297 g/mol. The Hall–Kier alpha value is -1.70. The van der Waals surface area contributed by atoms with Gasteiger partial charge in [0.25, 0.3) is 5.91 Å². The predicted molar refractivity (Wildman–Crippen MR) is 77.1 cm³/mol. The Morgan fingerprint density at radius 2 is 2.21 bits per heavy atom. The first-order chi connectivity index (χ1) is 9.08. The van der Waals surface area contributed by atoms with E-state index in [1.807, 2.05) is 13.0 Å². The van der Waals surface area contributed by atoms with E-state index in [0.717, 1.165) is 6.42 Å². The van der Waals surface area contributed by atoms with Crippen molar-refractivity contribution in [2.24, 2.45) is 0 Å². The predicted octanol–water partition coefficient (Wildman–Crippen LogP) is 3.34. The third-order valence-corrected chi connectivity index (χ3v) is 2.73. The molecule has 1 aromatic carbocycles. The van der Waals surface area contributed by atoms with Crippen molar-refractivity contribution in [2.75, 3.05) is 11.9 Å². The van der Waals surface area contributed by atoms with E-state index in [-0.39, 0.29) is 5.57 Å². The van der Waals surface area contributed by atoms with Crippen LogP contribution < -0.4 is 10.6 Å². The topological polar surface area (TPSA) is 64.9 Å². The van der Waals surface area contributed by atoms with Crippen LogP contribution in [0, 0.1) is 11.3 Å². The Labute approximate surface area is 122 Å². The zero-order valence-electron chi connectivity index (χ0n) is 10.3. The summed E-state index contributed by atoms with van der Waals surface area (Å²) in [7, 11) is 0. The molecule has 0 aliphatic heterocycles. The van der Waals surface area contributed by atoms with Gasteiger partial charge in [0.1, 0.15) is 11.6 Å². The first-order valence-electron chi connectivity index (χ1n) is 5.68. The van der Waals surface area contributed by atoms with Gasteiger partial charge in [0.05, 0.1) is 10.7 Å². The van der Waals surface area contributed by atoms with Gasteiger partial charge in [-0.1, -0.05) is 30.1 Å². The molecule has 1 amide bonds. The molecular formula is C13H13Cl2N3O. The number of carbonyl (C=O) groups excluding carboxylic acids is 1. The normalized spacial score (nSPS) is 10.7. The highest BCUT2D eigenvalue weighted by atomic mass is 35.5. The van der Waals surface area contributed by atoms with Crippen molar-refractivity contribution in [3.05, 3.63) is 40.0 Å². The van der Waals surface area contributed by atoms with Gasteiger partial charge in [-0.2, -0.15) is 5.26 Å².